The van der Waals surface area contributed by atoms with Gasteiger partial charge in [0.25, 0.3) is 0 Å². The van der Waals surface area contributed by atoms with E-state index < -0.39 is 0 Å². The first-order valence-electron chi connectivity index (χ1n) is 6.24. The van der Waals surface area contributed by atoms with Crippen LogP contribution in [-0.4, -0.2) is 26.4 Å². The average Bonchev–Trinajstić information content (AvgIpc) is 2.95. The fourth-order valence-corrected chi connectivity index (χ4v) is 3.26. The molecule has 2 aromatic heterocycles. The summed E-state index contributed by atoms with van der Waals surface area (Å²) in [7, 11) is 3.81. The second-order valence-corrected chi connectivity index (χ2v) is 5.60. The van der Waals surface area contributed by atoms with E-state index in [2.05, 4.69) is 26.9 Å². The van der Waals surface area contributed by atoms with E-state index in [0.717, 1.165) is 29.8 Å². The Kier molecular flexibility index (Phi) is 4.54. The van der Waals surface area contributed by atoms with Crippen LogP contribution in [0.2, 0.25) is 5.15 Å². The number of halogens is 1. The van der Waals surface area contributed by atoms with Gasteiger partial charge in [0.05, 0.1) is 16.3 Å². The van der Waals surface area contributed by atoms with Gasteiger partial charge < -0.3 is 5.32 Å². The van der Waals surface area contributed by atoms with Crippen molar-refractivity contribution in [1.82, 2.24) is 24.7 Å². The Morgan fingerprint density at radius 1 is 1.47 bits per heavy atom. The zero-order valence-electron chi connectivity index (χ0n) is 11.6. The Hall–Kier alpha value is -0.980. The van der Waals surface area contributed by atoms with Crippen LogP contribution < -0.4 is 5.32 Å². The fraction of sp³-hybridized carbons (Fsp3) is 0.583. The summed E-state index contributed by atoms with van der Waals surface area (Å²) in [6.45, 7) is 4.08. The molecule has 2 rings (SSSR count). The summed E-state index contributed by atoms with van der Waals surface area (Å²) >= 11 is 7.75. The zero-order chi connectivity index (χ0) is 14.0. The molecule has 0 spiro atoms. The first-order chi connectivity index (χ1) is 9.08. The summed E-state index contributed by atoms with van der Waals surface area (Å²) in [5.41, 5.74) is 3.12. The van der Waals surface area contributed by atoms with Gasteiger partial charge in [0, 0.05) is 18.7 Å². The predicted octanol–water partition coefficient (Wildman–Crippen LogP) is 2.30. The molecule has 2 heterocycles. The van der Waals surface area contributed by atoms with Crippen LogP contribution in [0.5, 0.6) is 0 Å². The Morgan fingerprint density at radius 3 is 2.74 bits per heavy atom. The van der Waals surface area contributed by atoms with E-state index in [1.54, 1.807) is 4.68 Å². The number of aryl methyl sites for hydroxylation is 3. The van der Waals surface area contributed by atoms with Crippen LogP contribution in [0.3, 0.4) is 0 Å². The number of aromatic nitrogens is 4. The first kappa shape index (κ1) is 14.4. The van der Waals surface area contributed by atoms with Crippen LogP contribution in [0, 0.1) is 6.92 Å². The van der Waals surface area contributed by atoms with Gasteiger partial charge in [-0.3, -0.25) is 4.68 Å². The first-order valence-corrected chi connectivity index (χ1v) is 7.39. The van der Waals surface area contributed by atoms with Crippen molar-refractivity contribution < 1.29 is 0 Å². The smallest absolute Gasteiger partial charge is 0.130 e. The summed E-state index contributed by atoms with van der Waals surface area (Å²) in [6, 6.07) is 0.176. The van der Waals surface area contributed by atoms with E-state index in [4.69, 9.17) is 11.6 Å². The molecule has 0 aromatic carbocycles. The summed E-state index contributed by atoms with van der Waals surface area (Å²) in [4.78, 5) is 1.18. The van der Waals surface area contributed by atoms with Gasteiger partial charge in [-0.2, -0.15) is 5.10 Å². The van der Waals surface area contributed by atoms with Crippen LogP contribution in [-0.2, 0) is 19.9 Å². The number of rotatable bonds is 5. The molecule has 0 amide bonds. The molecule has 1 unspecified atom stereocenters. The van der Waals surface area contributed by atoms with Gasteiger partial charge in [-0.25, -0.2) is 0 Å². The van der Waals surface area contributed by atoms with Crippen molar-refractivity contribution in [1.29, 1.82) is 0 Å². The van der Waals surface area contributed by atoms with E-state index in [1.807, 2.05) is 21.0 Å². The Balaban J connectivity index is 2.29. The standard InChI is InChI=1S/C12H18ClN5S/c1-5-9-11(19-17-15-9)10(14-3)6-8-7(2)16-18(4)12(8)13/h10,14H,5-6H2,1-4H3. The van der Waals surface area contributed by atoms with Crippen LogP contribution in [0.1, 0.15) is 34.8 Å². The lowest BCUT2D eigenvalue weighted by Crippen LogP contribution is -2.19. The molecule has 7 heteroatoms. The third kappa shape index (κ3) is 2.80. The molecule has 0 saturated carbocycles. The minimum Gasteiger partial charge on any atom is -0.312 e. The average molecular weight is 300 g/mol. The molecule has 104 valence electrons. The van der Waals surface area contributed by atoms with E-state index in [0.29, 0.717) is 5.15 Å². The van der Waals surface area contributed by atoms with E-state index >= 15 is 0 Å². The van der Waals surface area contributed by atoms with E-state index in [9.17, 15) is 0 Å². The molecule has 2 aromatic rings. The van der Waals surface area contributed by atoms with Gasteiger partial charge in [0.15, 0.2) is 0 Å². The quantitative estimate of drug-likeness (QED) is 0.920. The van der Waals surface area contributed by atoms with Crippen molar-refractivity contribution in [2.45, 2.75) is 32.7 Å². The van der Waals surface area contributed by atoms with Gasteiger partial charge in [-0.1, -0.05) is 23.0 Å². The number of likely N-dealkylation sites (N-methyl/N-ethyl adjacent to an activating group) is 1. The van der Waals surface area contributed by atoms with Crippen LogP contribution in [0.25, 0.3) is 0 Å². The third-order valence-corrected chi connectivity index (χ3v) is 4.62. The highest BCUT2D eigenvalue weighted by Gasteiger charge is 2.21. The van der Waals surface area contributed by atoms with Crippen molar-refractivity contribution >= 4 is 23.1 Å². The number of hydrogen-bond acceptors (Lipinski definition) is 5. The maximum atomic E-state index is 6.30. The summed E-state index contributed by atoms with van der Waals surface area (Å²) in [5.74, 6) is 0. The SMILES string of the molecule is CCc1nnsc1C(Cc1c(C)nn(C)c1Cl)NC. The third-order valence-electron chi connectivity index (χ3n) is 3.26. The largest absolute Gasteiger partial charge is 0.312 e. The molecular formula is C12H18ClN5S. The Morgan fingerprint density at radius 2 is 2.21 bits per heavy atom. The summed E-state index contributed by atoms with van der Waals surface area (Å²) in [6.07, 6.45) is 1.69. The number of hydrogen-bond donors (Lipinski definition) is 1. The molecule has 19 heavy (non-hydrogen) atoms. The molecule has 0 bridgehead atoms. The highest BCUT2D eigenvalue weighted by Crippen LogP contribution is 2.28. The lowest BCUT2D eigenvalue weighted by atomic mass is 10.0. The zero-order valence-corrected chi connectivity index (χ0v) is 13.1. The van der Waals surface area contributed by atoms with Crippen molar-refractivity contribution in [3.63, 3.8) is 0 Å². The van der Waals surface area contributed by atoms with Crippen molar-refractivity contribution in [3.05, 3.63) is 27.0 Å². The van der Waals surface area contributed by atoms with Crippen LogP contribution in [0.4, 0.5) is 0 Å². The minimum atomic E-state index is 0.176. The van der Waals surface area contributed by atoms with E-state index in [1.165, 1.54) is 16.4 Å². The lowest BCUT2D eigenvalue weighted by Gasteiger charge is -2.15. The maximum absolute atomic E-state index is 6.30. The predicted molar refractivity (Wildman–Crippen MR) is 77.7 cm³/mol. The van der Waals surface area contributed by atoms with Gasteiger partial charge >= 0.3 is 0 Å². The molecule has 0 fully saturated rings. The molecule has 1 atom stereocenters. The summed E-state index contributed by atoms with van der Waals surface area (Å²) < 4.78 is 5.76. The number of nitrogens with one attached hydrogen (secondary N) is 1. The van der Waals surface area contributed by atoms with Gasteiger partial charge in [0.2, 0.25) is 0 Å². The highest BCUT2D eigenvalue weighted by atomic mass is 35.5. The second-order valence-electron chi connectivity index (χ2n) is 4.46. The van der Waals surface area contributed by atoms with Crippen molar-refractivity contribution in [3.8, 4) is 0 Å². The molecule has 5 nitrogen and oxygen atoms in total. The molecule has 0 aliphatic carbocycles. The van der Waals surface area contributed by atoms with Crippen LogP contribution in [0.15, 0.2) is 0 Å². The van der Waals surface area contributed by atoms with Crippen molar-refractivity contribution in [2.24, 2.45) is 7.05 Å². The highest BCUT2D eigenvalue weighted by molar-refractivity contribution is 7.05. The van der Waals surface area contributed by atoms with Gasteiger partial charge in [-0.05, 0) is 38.3 Å². The normalized spacial score (nSPS) is 12.9. The molecule has 0 radical (unpaired) electrons. The molecular weight excluding hydrogens is 282 g/mol. The Bertz CT molecular complexity index is 562. The molecule has 0 aliphatic heterocycles. The second kappa shape index (κ2) is 5.98. The monoisotopic (exact) mass is 299 g/mol. The topological polar surface area (TPSA) is 55.6 Å². The minimum absolute atomic E-state index is 0.176. The molecule has 1 N–H and O–H groups in total. The lowest BCUT2D eigenvalue weighted by molar-refractivity contribution is 0.593. The fourth-order valence-electron chi connectivity index (χ4n) is 2.16. The van der Waals surface area contributed by atoms with Gasteiger partial charge in [-0.15, -0.1) is 5.10 Å². The summed E-state index contributed by atoms with van der Waals surface area (Å²) in [5, 5.41) is 12.5. The number of nitrogens with zero attached hydrogens (tertiary/aromatic N) is 4. The maximum Gasteiger partial charge on any atom is 0.130 e. The molecule has 0 saturated heterocycles. The van der Waals surface area contributed by atoms with Gasteiger partial charge in [0.1, 0.15) is 5.15 Å². The van der Waals surface area contributed by atoms with Crippen molar-refractivity contribution in [2.75, 3.05) is 7.05 Å². The molecule has 0 aliphatic rings. The Labute approximate surface area is 122 Å². The van der Waals surface area contributed by atoms with E-state index in [-0.39, 0.29) is 6.04 Å². The van der Waals surface area contributed by atoms with Crippen LogP contribution >= 0.6 is 23.1 Å².